The molecular weight excluding hydrogens is 170 g/mol. The highest BCUT2D eigenvalue weighted by molar-refractivity contribution is 5.48. The van der Waals surface area contributed by atoms with E-state index in [2.05, 4.69) is 19.8 Å². The molecule has 0 radical (unpaired) electrons. The monoisotopic (exact) mass is 185 g/mol. The lowest BCUT2D eigenvalue weighted by atomic mass is 9.93. The molecule has 0 spiro atoms. The molecule has 0 aromatic heterocycles. The van der Waals surface area contributed by atoms with Crippen molar-refractivity contribution in [2.45, 2.75) is 25.8 Å². The molecule has 2 N–H and O–H groups in total. The molecule has 0 bridgehead atoms. The molecule has 1 unspecified atom stereocenters. The van der Waals surface area contributed by atoms with Crippen molar-refractivity contribution in [3.8, 4) is 12.3 Å². The molecule has 1 saturated carbocycles. The Labute approximate surface area is 85.3 Å². The zero-order chi connectivity index (χ0) is 10.4. The number of rotatable bonds is 1. The molecule has 0 saturated heterocycles. The van der Waals surface area contributed by atoms with E-state index in [1.54, 1.807) is 0 Å². The average molecular weight is 185 g/mol. The molecule has 1 fully saturated rings. The van der Waals surface area contributed by atoms with Crippen molar-refractivity contribution in [3.63, 3.8) is 0 Å². The Morgan fingerprint density at radius 1 is 1.36 bits per heavy atom. The van der Waals surface area contributed by atoms with Crippen LogP contribution in [0.3, 0.4) is 0 Å². The summed E-state index contributed by atoms with van der Waals surface area (Å²) in [7, 11) is 0. The first-order valence-electron chi connectivity index (χ1n) is 4.86. The van der Waals surface area contributed by atoms with Gasteiger partial charge in [-0.15, -0.1) is 6.42 Å². The minimum absolute atomic E-state index is 0.181. The maximum Gasteiger partial charge on any atom is 0.0480 e. The molecule has 1 heteroatoms. The third-order valence-electron chi connectivity index (χ3n) is 3.37. The zero-order valence-electron chi connectivity index (χ0n) is 8.67. The van der Waals surface area contributed by atoms with Gasteiger partial charge in [-0.25, -0.2) is 0 Å². The van der Waals surface area contributed by atoms with Crippen LogP contribution < -0.4 is 5.73 Å². The van der Waals surface area contributed by atoms with E-state index in [0.29, 0.717) is 0 Å². The van der Waals surface area contributed by atoms with Gasteiger partial charge in [-0.05, 0) is 23.5 Å². The van der Waals surface area contributed by atoms with Crippen LogP contribution >= 0.6 is 0 Å². The van der Waals surface area contributed by atoms with E-state index in [-0.39, 0.29) is 11.0 Å². The van der Waals surface area contributed by atoms with Gasteiger partial charge in [0.1, 0.15) is 0 Å². The van der Waals surface area contributed by atoms with E-state index in [0.717, 1.165) is 17.5 Å². The van der Waals surface area contributed by atoms with Crippen molar-refractivity contribution >= 4 is 0 Å². The van der Waals surface area contributed by atoms with Gasteiger partial charge in [-0.2, -0.15) is 0 Å². The molecule has 14 heavy (non-hydrogen) atoms. The Morgan fingerprint density at radius 3 is 2.43 bits per heavy atom. The Balaban J connectivity index is 2.50. The second-order valence-electron chi connectivity index (χ2n) is 4.72. The van der Waals surface area contributed by atoms with Gasteiger partial charge < -0.3 is 5.73 Å². The van der Waals surface area contributed by atoms with Crippen molar-refractivity contribution in [2.75, 3.05) is 0 Å². The van der Waals surface area contributed by atoms with Crippen molar-refractivity contribution in [1.29, 1.82) is 0 Å². The summed E-state index contributed by atoms with van der Waals surface area (Å²) in [6, 6.07) is 7.96. The van der Waals surface area contributed by atoms with Gasteiger partial charge in [-0.1, -0.05) is 38.0 Å². The molecule has 1 aliphatic rings. The molecule has 0 aliphatic heterocycles. The zero-order valence-corrected chi connectivity index (χ0v) is 8.67. The normalized spacial score (nSPS) is 28.1. The van der Waals surface area contributed by atoms with Crippen LogP contribution in [0.4, 0.5) is 0 Å². The summed E-state index contributed by atoms with van der Waals surface area (Å²) in [5.41, 5.74) is 8.34. The molecule has 1 nitrogen and oxygen atoms in total. The number of benzene rings is 1. The summed E-state index contributed by atoms with van der Waals surface area (Å²) in [4.78, 5) is 0. The first-order chi connectivity index (χ1) is 6.51. The van der Waals surface area contributed by atoms with Crippen molar-refractivity contribution in [1.82, 2.24) is 0 Å². The summed E-state index contributed by atoms with van der Waals surface area (Å²) >= 11 is 0. The molecule has 0 heterocycles. The van der Waals surface area contributed by atoms with Crippen LogP contribution in [0, 0.1) is 17.8 Å². The van der Waals surface area contributed by atoms with E-state index >= 15 is 0 Å². The van der Waals surface area contributed by atoms with Crippen molar-refractivity contribution in [2.24, 2.45) is 11.1 Å². The summed E-state index contributed by atoms with van der Waals surface area (Å²) in [6.45, 7) is 4.36. The smallest absolute Gasteiger partial charge is 0.0480 e. The first kappa shape index (κ1) is 9.30. The molecular formula is C13H15N. The van der Waals surface area contributed by atoms with Gasteiger partial charge in [-0.3, -0.25) is 0 Å². The highest BCUT2D eigenvalue weighted by Gasteiger charge is 2.59. The first-order valence-corrected chi connectivity index (χ1v) is 4.86. The van der Waals surface area contributed by atoms with Gasteiger partial charge in [0.15, 0.2) is 0 Å². The Morgan fingerprint density at radius 2 is 1.93 bits per heavy atom. The summed E-state index contributed by atoms with van der Waals surface area (Å²) in [6.07, 6.45) is 6.47. The van der Waals surface area contributed by atoms with Crippen molar-refractivity contribution in [3.05, 3.63) is 35.4 Å². The fourth-order valence-corrected chi connectivity index (χ4v) is 2.11. The summed E-state index contributed by atoms with van der Waals surface area (Å²) in [5, 5.41) is 0. The Hall–Kier alpha value is -1.26. The third kappa shape index (κ3) is 1.08. The molecule has 72 valence electrons. The minimum atomic E-state index is -0.212. The Kier molecular flexibility index (Phi) is 1.74. The number of hydrogen-bond donors (Lipinski definition) is 1. The lowest BCUT2D eigenvalue weighted by Crippen LogP contribution is -2.26. The van der Waals surface area contributed by atoms with E-state index in [9.17, 15) is 0 Å². The quantitative estimate of drug-likeness (QED) is 0.667. The molecule has 1 aliphatic carbocycles. The van der Waals surface area contributed by atoms with Crippen LogP contribution in [0.15, 0.2) is 24.3 Å². The standard InChI is InChI=1S/C13H15N/c1-4-10-7-5-6-8-11(10)13(14)9-12(13,2)3/h1,5-8H,9,14H2,2-3H3. The fourth-order valence-electron chi connectivity index (χ4n) is 2.11. The van der Waals surface area contributed by atoms with Gasteiger partial charge in [0.05, 0.1) is 0 Å². The van der Waals surface area contributed by atoms with Crippen LogP contribution in [0.25, 0.3) is 0 Å². The van der Waals surface area contributed by atoms with Gasteiger partial charge in [0.2, 0.25) is 0 Å². The van der Waals surface area contributed by atoms with E-state index < -0.39 is 0 Å². The van der Waals surface area contributed by atoms with Crippen LogP contribution in [0.5, 0.6) is 0 Å². The van der Waals surface area contributed by atoms with Crippen molar-refractivity contribution < 1.29 is 0 Å². The average Bonchev–Trinajstić information content (AvgIpc) is 2.67. The van der Waals surface area contributed by atoms with E-state index in [1.165, 1.54) is 0 Å². The molecule has 0 amide bonds. The number of nitrogens with two attached hydrogens (primary N) is 1. The lowest BCUT2D eigenvalue weighted by Gasteiger charge is -2.17. The molecule has 1 aromatic carbocycles. The van der Waals surface area contributed by atoms with Gasteiger partial charge in [0.25, 0.3) is 0 Å². The van der Waals surface area contributed by atoms with E-state index in [4.69, 9.17) is 12.2 Å². The summed E-state index contributed by atoms with van der Waals surface area (Å²) < 4.78 is 0. The third-order valence-corrected chi connectivity index (χ3v) is 3.37. The Bertz CT molecular complexity index is 411. The molecule has 2 rings (SSSR count). The van der Waals surface area contributed by atoms with Crippen LogP contribution in [-0.2, 0) is 5.54 Å². The van der Waals surface area contributed by atoms with Gasteiger partial charge >= 0.3 is 0 Å². The van der Waals surface area contributed by atoms with Crippen LogP contribution in [0.1, 0.15) is 31.4 Å². The second-order valence-corrected chi connectivity index (χ2v) is 4.72. The summed E-state index contributed by atoms with van der Waals surface area (Å²) in [5.74, 6) is 2.70. The fraction of sp³-hybridized carbons (Fsp3) is 0.385. The lowest BCUT2D eigenvalue weighted by molar-refractivity contribution is 0.509. The predicted molar refractivity (Wildman–Crippen MR) is 58.6 cm³/mol. The van der Waals surface area contributed by atoms with E-state index in [1.807, 2.05) is 24.3 Å². The SMILES string of the molecule is C#Cc1ccccc1C1(N)CC1(C)C. The number of hydrogen-bond acceptors (Lipinski definition) is 1. The molecule has 1 aromatic rings. The maximum absolute atomic E-state index is 6.33. The van der Waals surface area contributed by atoms with Crippen LogP contribution in [0.2, 0.25) is 0 Å². The minimum Gasteiger partial charge on any atom is -0.321 e. The van der Waals surface area contributed by atoms with Crippen LogP contribution in [-0.4, -0.2) is 0 Å². The maximum atomic E-state index is 6.33. The topological polar surface area (TPSA) is 26.0 Å². The largest absolute Gasteiger partial charge is 0.321 e. The number of terminal acetylenes is 1. The highest BCUT2D eigenvalue weighted by atomic mass is 14.9. The highest BCUT2D eigenvalue weighted by Crippen LogP contribution is 2.60. The second kappa shape index (κ2) is 2.62. The molecule has 1 atom stereocenters. The van der Waals surface area contributed by atoms with Gasteiger partial charge in [0, 0.05) is 11.1 Å². The predicted octanol–water partition coefficient (Wildman–Crippen LogP) is 2.25.